The van der Waals surface area contributed by atoms with Gasteiger partial charge in [0.05, 0.1) is 22.1 Å². The van der Waals surface area contributed by atoms with E-state index in [-0.39, 0.29) is 37.8 Å². The Balaban J connectivity index is 1.13. The molecule has 3 saturated heterocycles. The zero-order chi connectivity index (χ0) is 37.6. The van der Waals surface area contributed by atoms with Crippen molar-refractivity contribution in [2.75, 3.05) is 32.8 Å². The van der Waals surface area contributed by atoms with Crippen LogP contribution in [0.4, 0.5) is 4.79 Å². The molecule has 0 aromatic heterocycles. The number of piperazine rings is 1. The van der Waals surface area contributed by atoms with E-state index < -0.39 is 36.2 Å². The Bertz CT molecular complexity index is 1830. The molecule has 4 atom stereocenters. The van der Waals surface area contributed by atoms with Gasteiger partial charge in [-0.3, -0.25) is 24.2 Å². The summed E-state index contributed by atoms with van der Waals surface area (Å²) in [6.45, 7) is 3.15. The number of hydrogen-bond donors (Lipinski definition) is 1. The van der Waals surface area contributed by atoms with E-state index in [1.165, 1.54) is 41.9 Å². The number of β-lactam (4-membered cyclic amide) rings is 1. The monoisotopic (exact) mass is 771 g/mol. The highest BCUT2D eigenvalue weighted by molar-refractivity contribution is 6.42. The normalized spacial score (nSPS) is 23.0. The van der Waals surface area contributed by atoms with Crippen LogP contribution >= 0.6 is 23.2 Å². The van der Waals surface area contributed by atoms with Gasteiger partial charge in [-0.1, -0.05) is 127 Å². The van der Waals surface area contributed by atoms with Gasteiger partial charge in [-0.2, -0.15) is 0 Å². The van der Waals surface area contributed by atoms with Gasteiger partial charge >= 0.3 is 6.09 Å². The topological polar surface area (TPSA) is 103 Å². The van der Waals surface area contributed by atoms with Crippen molar-refractivity contribution in [1.82, 2.24) is 24.9 Å². The quantitative estimate of drug-likeness (QED) is 0.205. The van der Waals surface area contributed by atoms with E-state index in [0.29, 0.717) is 34.7 Å². The smallest absolute Gasteiger partial charge is 0.411 e. The lowest BCUT2D eigenvalue weighted by Crippen LogP contribution is -2.74. The second-order valence-electron chi connectivity index (χ2n) is 14.6. The molecule has 4 aliphatic rings. The van der Waals surface area contributed by atoms with Crippen LogP contribution in [0.25, 0.3) is 6.08 Å². The number of carbonyl (C=O) groups excluding carboxylic acids is 4. The summed E-state index contributed by atoms with van der Waals surface area (Å²) in [5, 5.41) is 3.67. The maximum atomic E-state index is 14.5. The first-order valence-electron chi connectivity index (χ1n) is 19.1. The van der Waals surface area contributed by atoms with Crippen LogP contribution in [-0.4, -0.2) is 100 Å². The third-order valence-corrected chi connectivity index (χ3v) is 12.2. The van der Waals surface area contributed by atoms with E-state index in [2.05, 4.69) is 10.2 Å². The maximum Gasteiger partial charge on any atom is 0.411 e. The summed E-state index contributed by atoms with van der Waals surface area (Å²) in [5.74, 6) is -0.844. The SMILES string of the molecule is O=C(NCc1cccc(Cl)c1Cl)[C@H](CCC(=O)N1CCN(C2CCCCC2)CC1)N1C(=O)[C@@H](N2C(=O)OC[C@@H]2c2ccccc2)[C@H]1/C=C/c1ccccc1. The van der Waals surface area contributed by atoms with E-state index in [4.69, 9.17) is 27.9 Å². The molecule has 10 nitrogen and oxygen atoms in total. The summed E-state index contributed by atoms with van der Waals surface area (Å²) in [5.41, 5.74) is 2.38. The minimum Gasteiger partial charge on any atom is -0.447 e. The van der Waals surface area contributed by atoms with Crippen LogP contribution in [-0.2, 0) is 25.7 Å². The van der Waals surface area contributed by atoms with Gasteiger partial charge < -0.3 is 19.9 Å². The van der Waals surface area contributed by atoms with Gasteiger partial charge in [-0.05, 0) is 42.0 Å². The summed E-state index contributed by atoms with van der Waals surface area (Å²) in [6, 6.07) is 21.9. The summed E-state index contributed by atoms with van der Waals surface area (Å²) >= 11 is 12.7. The van der Waals surface area contributed by atoms with Crippen LogP contribution in [0.2, 0.25) is 10.0 Å². The van der Waals surface area contributed by atoms with Crippen molar-refractivity contribution in [2.45, 2.75) is 81.7 Å². The summed E-state index contributed by atoms with van der Waals surface area (Å²) in [6.07, 6.45) is 9.64. The minimum atomic E-state index is -1.00. The molecule has 0 bridgehead atoms. The molecule has 7 rings (SSSR count). The largest absolute Gasteiger partial charge is 0.447 e. The van der Waals surface area contributed by atoms with E-state index in [1.54, 1.807) is 18.2 Å². The Morgan fingerprint density at radius 2 is 1.57 bits per heavy atom. The lowest BCUT2D eigenvalue weighted by Gasteiger charge is -2.52. The molecule has 0 radical (unpaired) electrons. The highest BCUT2D eigenvalue weighted by atomic mass is 35.5. The van der Waals surface area contributed by atoms with Crippen molar-refractivity contribution in [3.8, 4) is 0 Å². The van der Waals surface area contributed by atoms with Gasteiger partial charge in [0.15, 0.2) is 0 Å². The zero-order valence-corrected chi connectivity index (χ0v) is 31.8. The van der Waals surface area contributed by atoms with Crippen molar-refractivity contribution in [3.05, 3.63) is 112 Å². The van der Waals surface area contributed by atoms with Crippen molar-refractivity contribution >= 4 is 53.1 Å². The number of carbonyl (C=O) groups is 4. The van der Waals surface area contributed by atoms with Gasteiger partial charge in [-0.15, -0.1) is 0 Å². The second-order valence-corrected chi connectivity index (χ2v) is 15.3. The zero-order valence-electron chi connectivity index (χ0n) is 30.3. The average molecular weight is 773 g/mol. The summed E-state index contributed by atoms with van der Waals surface area (Å²) in [7, 11) is 0. The first kappa shape index (κ1) is 37.9. The predicted molar refractivity (Wildman–Crippen MR) is 209 cm³/mol. The Morgan fingerprint density at radius 3 is 2.30 bits per heavy atom. The van der Waals surface area contributed by atoms with Crippen molar-refractivity contribution in [3.63, 3.8) is 0 Å². The molecular weight excluding hydrogens is 725 g/mol. The molecular formula is C42H47Cl2N5O5. The van der Waals surface area contributed by atoms with Gasteiger partial charge in [0.25, 0.3) is 0 Å². The van der Waals surface area contributed by atoms with Crippen molar-refractivity contribution in [1.29, 1.82) is 0 Å². The van der Waals surface area contributed by atoms with E-state index in [9.17, 15) is 19.2 Å². The van der Waals surface area contributed by atoms with Crippen LogP contribution in [0.1, 0.15) is 67.7 Å². The number of nitrogens with zero attached hydrogens (tertiary/aromatic N) is 4. The van der Waals surface area contributed by atoms with Crippen LogP contribution < -0.4 is 5.32 Å². The molecule has 4 amide bonds. The van der Waals surface area contributed by atoms with Gasteiger partial charge in [0.1, 0.15) is 18.7 Å². The summed E-state index contributed by atoms with van der Waals surface area (Å²) < 4.78 is 5.53. The van der Waals surface area contributed by atoms with Gasteiger partial charge in [0.2, 0.25) is 17.7 Å². The Labute approximate surface area is 327 Å². The summed E-state index contributed by atoms with van der Waals surface area (Å²) in [4.78, 5) is 63.3. The Hall–Kier alpha value is -4.38. The number of halogens is 2. The van der Waals surface area contributed by atoms with Crippen LogP contribution in [0.5, 0.6) is 0 Å². The third-order valence-electron chi connectivity index (χ3n) is 11.3. The Morgan fingerprint density at radius 1 is 0.870 bits per heavy atom. The number of nitrogens with one attached hydrogen (secondary N) is 1. The first-order chi connectivity index (χ1) is 26.3. The highest BCUT2D eigenvalue weighted by Gasteiger charge is 2.58. The number of ether oxygens (including phenoxy) is 1. The fraction of sp³-hybridized carbons (Fsp3) is 0.429. The van der Waals surface area contributed by atoms with E-state index in [0.717, 1.165) is 24.2 Å². The standard InChI is InChI=1S/C42H47Cl2N5O5/c43-33-18-10-15-31(38(33)44)27-45-40(51)35(21-22-37(50)47-25-23-46(24-26-47)32-16-8-3-9-17-32)48-34(20-19-29-11-4-1-5-12-29)39(41(48)52)49-36(28-54-42(49)53)30-13-6-2-7-14-30/h1-2,4-7,10-15,18-20,32,34-36,39H,3,8-9,16-17,21-28H2,(H,45,51)/b20-19+/t34-,35+,36-,39+/m1/s1. The Kier molecular flexibility index (Phi) is 12.2. The average Bonchev–Trinajstić information content (AvgIpc) is 3.58. The lowest BCUT2D eigenvalue weighted by atomic mass is 9.87. The molecule has 0 spiro atoms. The molecule has 1 aliphatic carbocycles. The highest BCUT2D eigenvalue weighted by Crippen LogP contribution is 2.39. The second kappa shape index (κ2) is 17.4. The molecule has 12 heteroatoms. The number of benzene rings is 3. The van der Waals surface area contributed by atoms with Crippen molar-refractivity contribution < 1.29 is 23.9 Å². The van der Waals surface area contributed by atoms with Crippen LogP contribution in [0, 0.1) is 0 Å². The number of hydrogen-bond acceptors (Lipinski definition) is 6. The molecule has 3 aromatic carbocycles. The minimum absolute atomic E-state index is 0.0397. The van der Waals surface area contributed by atoms with E-state index >= 15 is 0 Å². The lowest BCUT2D eigenvalue weighted by molar-refractivity contribution is -0.163. The molecule has 3 aromatic rings. The molecule has 4 fully saturated rings. The van der Waals surface area contributed by atoms with Gasteiger partial charge in [-0.25, -0.2) is 4.79 Å². The van der Waals surface area contributed by atoms with Crippen LogP contribution in [0.15, 0.2) is 84.9 Å². The number of rotatable bonds is 12. The number of likely N-dealkylation sites (tertiary alicyclic amines) is 1. The fourth-order valence-corrected chi connectivity index (χ4v) is 8.77. The van der Waals surface area contributed by atoms with Gasteiger partial charge in [0, 0.05) is 45.2 Å². The number of amides is 4. The van der Waals surface area contributed by atoms with Crippen LogP contribution in [0.3, 0.4) is 0 Å². The molecule has 3 aliphatic heterocycles. The molecule has 1 N–H and O–H groups in total. The fourth-order valence-electron chi connectivity index (χ4n) is 8.39. The molecule has 0 unspecified atom stereocenters. The molecule has 1 saturated carbocycles. The number of cyclic esters (lactones) is 1. The first-order valence-corrected chi connectivity index (χ1v) is 19.8. The van der Waals surface area contributed by atoms with E-state index in [1.807, 2.05) is 77.7 Å². The third kappa shape index (κ3) is 8.31. The molecule has 284 valence electrons. The molecule has 54 heavy (non-hydrogen) atoms. The maximum absolute atomic E-state index is 14.5. The predicted octanol–water partition coefficient (Wildman–Crippen LogP) is 6.72. The molecule has 3 heterocycles. The van der Waals surface area contributed by atoms with Crippen molar-refractivity contribution in [2.24, 2.45) is 0 Å².